The van der Waals surface area contributed by atoms with Gasteiger partial charge in [-0.25, -0.2) is 0 Å². The molecule has 0 unspecified atom stereocenters. The summed E-state index contributed by atoms with van der Waals surface area (Å²) >= 11 is 12.0. The predicted octanol–water partition coefficient (Wildman–Crippen LogP) is 4.97. The van der Waals surface area contributed by atoms with Crippen molar-refractivity contribution in [1.82, 2.24) is 0 Å². The first-order chi connectivity index (χ1) is 9.61. The molecule has 2 aromatic rings. The van der Waals surface area contributed by atoms with Crippen molar-refractivity contribution in [3.8, 4) is 24.0 Å². The number of nitrogens with two attached hydrogens (primary N) is 1. The monoisotopic (exact) mass is 305 g/mol. The van der Waals surface area contributed by atoms with Gasteiger partial charge in [0.2, 0.25) is 0 Å². The summed E-state index contributed by atoms with van der Waals surface area (Å²) in [5.41, 5.74) is 9.20. The molecular formula is C17H17Cl2N. The third-order valence-electron chi connectivity index (χ3n) is 3.06. The summed E-state index contributed by atoms with van der Waals surface area (Å²) in [7, 11) is 0. The van der Waals surface area contributed by atoms with Crippen molar-refractivity contribution in [3.63, 3.8) is 0 Å². The minimum absolute atomic E-state index is 0.299. The number of hydrogen-bond donors (Lipinski definition) is 1. The average Bonchev–Trinajstić information content (AvgIpc) is 2.49. The quantitative estimate of drug-likeness (QED) is 0.796. The maximum Gasteiger partial charge on any atom is 0.0412 e. The Kier molecular flexibility index (Phi) is 6.61. The van der Waals surface area contributed by atoms with Crippen LogP contribution >= 0.6 is 23.2 Å². The summed E-state index contributed by atoms with van der Waals surface area (Å²) in [6, 6.07) is 13.7. The molecule has 0 fully saturated rings. The van der Waals surface area contributed by atoms with E-state index in [1.54, 1.807) is 0 Å². The molecule has 0 saturated carbocycles. The van der Waals surface area contributed by atoms with E-state index in [0.717, 1.165) is 21.2 Å². The van der Waals surface area contributed by atoms with Crippen LogP contribution in [0.1, 0.15) is 18.4 Å². The van der Waals surface area contributed by atoms with Gasteiger partial charge in [-0.2, -0.15) is 0 Å². The summed E-state index contributed by atoms with van der Waals surface area (Å²) in [5.74, 6) is 0.299. The van der Waals surface area contributed by atoms with Gasteiger partial charge in [-0.15, -0.1) is 12.8 Å². The maximum atomic E-state index is 6.09. The topological polar surface area (TPSA) is 26.0 Å². The van der Waals surface area contributed by atoms with Crippen LogP contribution in [0.2, 0.25) is 10.0 Å². The van der Waals surface area contributed by atoms with E-state index in [2.05, 4.69) is 19.8 Å². The van der Waals surface area contributed by atoms with Crippen molar-refractivity contribution in [1.29, 1.82) is 0 Å². The van der Waals surface area contributed by atoms with Crippen molar-refractivity contribution in [2.75, 3.05) is 6.54 Å². The van der Waals surface area contributed by atoms with E-state index in [4.69, 9.17) is 28.9 Å². The van der Waals surface area contributed by atoms with Crippen molar-refractivity contribution >= 4 is 23.2 Å². The zero-order valence-electron chi connectivity index (χ0n) is 11.3. The second kappa shape index (κ2) is 7.97. The van der Waals surface area contributed by atoms with Gasteiger partial charge in [0.1, 0.15) is 0 Å². The van der Waals surface area contributed by atoms with Crippen LogP contribution in [0.15, 0.2) is 42.5 Å². The van der Waals surface area contributed by atoms with E-state index in [1.165, 1.54) is 5.56 Å². The summed E-state index contributed by atoms with van der Waals surface area (Å²) < 4.78 is 0. The highest BCUT2D eigenvalue weighted by molar-refractivity contribution is 6.31. The molecule has 0 heterocycles. The second-order valence-electron chi connectivity index (χ2n) is 4.38. The molecule has 1 atom stereocenters. The Bertz CT molecular complexity index is 573. The lowest BCUT2D eigenvalue weighted by Crippen LogP contribution is -2.09. The Morgan fingerprint density at radius 3 is 2.10 bits per heavy atom. The molecule has 2 aromatic carbocycles. The lowest BCUT2D eigenvalue weighted by molar-refractivity contribution is 0.776. The van der Waals surface area contributed by atoms with Gasteiger partial charge < -0.3 is 5.73 Å². The molecule has 0 aliphatic carbocycles. The molecule has 0 spiro atoms. The molecule has 3 heteroatoms. The molecule has 0 aliphatic heterocycles. The van der Waals surface area contributed by atoms with Crippen LogP contribution in [0.4, 0.5) is 0 Å². The zero-order valence-corrected chi connectivity index (χ0v) is 12.8. The Balaban J connectivity index is 0.000000956. The van der Waals surface area contributed by atoms with Crippen LogP contribution in [0.5, 0.6) is 0 Å². The van der Waals surface area contributed by atoms with E-state index in [-0.39, 0.29) is 0 Å². The summed E-state index contributed by atoms with van der Waals surface area (Å²) in [4.78, 5) is 0. The van der Waals surface area contributed by atoms with E-state index in [0.29, 0.717) is 12.5 Å². The Morgan fingerprint density at radius 1 is 1.00 bits per heavy atom. The number of terminal acetylenes is 1. The van der Waals surface area contributed by atoms with Crippen molar-refractivity contribution in [3.05, 3.63) is 58.1 Å². The first-order valence-electron chi connectivity index (χ1n) is 6.20. The van der Waals surface area contributed by atoms with E-state index < -0.39 is 0 Å². The molecule has 0 aliphatic rings. The van der Waals surface area contributed by atoms with Gasteiger partial charge in [0.15, 0.2) is 0 Å². The molecule has 0 bridgehead atoms. The lowest BCUT2D eigenvalue weighted by atomic mass is 9.92. The van der Waals surface area contributed by atoms with Gasteiger partial charge in [0, 0.05) is 10.0 Å². The SMILES string of the molecule is C#C.C[C@@H](CN)c1ccc(Cl)cc1-c1ccc(Cl)cc1. The van der Waals surface area contributed by atoms with Crippen LogP contribution in [0.3, 0.4) is 0 Å². The molecule has 2 rings (SSSR count). The summed E-state index contributed by atoms with van der Waals surface area (Å²) in [5, 5.41) is 1.46. The number of benzene rings is 2. The number of rotatable bonds is 3. The molecule has 2 N–H and O–H groups in total. The predicted molar refractivity (Wildman–Crippen MR) is 89.3 cm³/mol. The van der Waals surface area contributed by atoms with Crippen molar-refractivity contribution in [2.24, 2.45) is 5.73 Å². The van der Waals surface area contributed by atoms with Gasteiger partial charge in [0.05, 0.1) is 0 Å². The van der Waals surface area contributed by atoms with Gasteiger partial charge >= 0.3 is 0 Å². The fourth-order valence-corrected chi connectivity index (χ4v) is 2.26. The highest BCUT2D eigenvalue weighted by atomic mass is 35.5. The molecular weight excluding hydrogens is 289 g/mol. The zero-order chi connectivity index (χ0) is 15.1. The third kappa shape index (κ3) is 4.02. The fourth-order valence-electron chi connectivity index (χ4n) is 1.96. The molecule has 0 saturated heterocycles. The van der Waals surface area contributed by atoms with Crippen molar-refractivity contribution < 1.29 is 0 Å². The minimum Gasteiger partial charge on any atom is -0.330 e. The second-order valence-corrected chi connectivity index (χ2v) is 5.25. The van der Waals surface area contributed by atoms with Crippen LogP contribution in [-0.4, -0.2) is 6.54 Å². The molecule has 0 aromatic heterocycles. The Hall–Kier alpha value is -1.46. The summed E-state index contributed by atoms with van der Waals surface area (Å²) in [6.07, 6.45) is 8.00. The van der Waals surface area contributed by atoms with Crippen molar-refractivity contribution in [2.45, 2.75) is 12.8 Å². The van der Waals surface area contributed by atoms with Gasteiger partial charge in [-0.1, -0.05) is 48.3 Å². The maximum absolute atomic E-state index is 6.09. The van der Waals surface area contributed by atoms with E-state index in [9.17, 15) is 0 Å². The molecule has 0 amide bonds. The van der Waals surface area contributed by atoms with Gasteiger partial charge in [0.25, 0.3) is 0 Å². The lowest BCUT2D eigenvalue weighted by Gasteiger charge is -2.15. The normalized spacial score (nSPS) is 11.3. The Labute approximate surface area is 130 Å². The highest BCUT2D eigenvalue weighted by Gasteiger charge is 2.11. The first kappa shape index (κ1) is 16.6. The highest BCUT2D eigenvalue weighted by Crippen LogP contribution is 2.32. The third-order valence-corrected chi connectivity index (χ3v) is 3.54. The van der Waals surface area contributed by atoms with Crippen LogP contribution < -0.4 is 5.73 Å². The van der Waals surface area contributed by atoms with E-state index in [1.807, 2.05) is 42.5 Å². The van der Waals surface area contributed by atoms with Crippen LogP contribution in [0.25, 0.3) is 11.1 Å². The smallest absolute Gasteiger partial charge is 0.0412 e. The molecule has 1 nitrogen and oxygen atoms in total. The van der Waals surface area contributed by atoms with Gasteiger partial charge in [-0.3, -0.25) is 0 Å². The van der Waals surface area contributed by atoms with E-state index >= 15 is 0 Å². The number of halogens is 2. The molecule has 104 valence electrons. The summed E-state index contributed by atoms with van der Waals surface area (Å²) in [6.45, 7) is 2.73. The average molecular weight is 306 g/mol. The molecule has 20 heavy (non-hydrogen) atoms. The first-order valence-corrected chi connectivity index (χ1v) is 6.96. The Morgan fingerprint density at radius 2 is 1.55 bits per heavy atom. The number of hydrogen-bond acceptors (Lipinski definition) is 1. The molecule has 0 radical (unpaired) electrons. The largest absolute Gasteiger partial charge is 0.330 e. The fraction of sp³-hybridized carbons (Fsp3) is 0.176. The van der Waals surface area contributed by atoms with Gasteiger partial charge in [-0.05, 0) is 53.4 Å². The van der Waals surface area contributed by atoms with Crippen LogP contribution in [-0.2, 0) is 0 Å². The standard InChI is InChI=1S/C15H15Cl2N.C2H2/c1-10(9-18)14-7-6-13(17)8-15(14)11-2-4-12(16)5-3-11;1-2/h2-8,10H,9,18H2,1H3;1-2H/t10-;/m0./s1. The minimum atomic E-state index is 0.299. The van der Waals surface area contributed by atoms with Crippen LogP contribution in [0, 0.1) is 12.8 Å².